The van der Waals surface area contributed by atoms with Crippen molar-refractivity contribution in [1.29, 1.82) is 0 Å². The number of hydrogen-bond acceptors (Lipinski definition) is 6. The molecule has 3 heterocycles. The Morgan fingerprint density at radius 3 is 2.67 bits per heavy atom. The highest BCUT2D eigenvalue weighted by Gasteiger charge is 2.41. The maximum absolute atomic E-state index is 12.2. The fourth-order valence-corrected chi connectivity index (χ4v) is 4.07. The van der Waals surface area contributed by atoms with Crippen LogP contribution in [0.2, 0.25) is 0 Å². The van der Waals surface area contributed by atoms with Gasteiger partial charge in [0, 0.05) is 24.4 Å². The number of thiazole rings is 1. The van der Waals surface area contributed by atoms with Crippen LogP contribution in [0.3, 0.4) is 0 Å². The number of thiophene rings is 1. The number of carbonyl (C=O) groups excluding carboxylic acids is 3. The van der Waals surface area contributed by atoms with Crippen LogP contribution in [0.1, 0.15) is 11.3 Å². The van der Waals surface area contributed by atoms with E-state index in [1.54, 1.807) is 11.3 Å². The van der Waals surface area contributed by atoms with Crippen molar-refractivity contribution in [1.82, 2.24) is 14.8 Å². The first-order chi connectivity index (χ1) is 11.4. The summed E-state index contributed by atoms with van der Waals surface area (Å²) >= 11 is 2.97. The molecule has 3 rings (SSSR count). The lowest BCUT2D eigenvalue weighted by Gasteiger charge is -2.15. The predicted octanol–water partition coefficient (Wildman–Crippen LogP) is 2.40. The van der Waals surface area contributed by atoms with E-state index < -0.39 is 12.1 Å². The van der Waals surface area contributed by atoms with Gasteiger partial charge in [-0.25, -0.2) is 9.78 Å². The van der Waals surface area contributed by atoms with Gasteiger partial charge in [0.15, 0.2) is 5.13 Å². The van der Waals surface area contributed by atoms with Gasteiger partial charge in [-0.1, -0.05) is 0 Å². The molecule has 0 spiro atoms. The number of carbonyl (C=O) groups is 3. The molecule has 0 aliphatic carbocycles. The number of urea groups is 1. The highest BCUT2D eigenvalue weighted by atomic mass is 32.1. The minimum atomic E-state index is -0.762. The zero-order valence-electron chi connectivity index (χ0n) is 13.4. The molecule has 1 fully saturated rings. The molecule has 0 saturated carbocycles. The number of anilines is 1. The molecular formula is C15H16N4O3S2. The third-order valence-corrected chi connectivity index (χ3v) is 5.57. The topological polar surface area (TPSA) is 82.6 Å². The monoisotopic (exact) mass is 364 g/mol. The third-order valence-electron chi connectivity index (χ3n) is 3.79. The Bertz CT molecular complexity index is 813. The second-order valence-corrected chi connectivity index (χ2v) is 7.65. The Morgan fingerprint density at radius 1 is 1.33 bits per heavy atom. The zero-order valence-corrected chi connectivity index (χ0v) is 15.0. The number of rotatable bonds is 4. The number of aromatic nitrogens is 1. The molecular weight excluding hydrogens is 348 g/mol. The van der Waals surface area contributed by atoms with Gasteiger partial charge in [-0.15, -0.1) is 22.7 Å². The Morgan fingerprint density at radius 2 is 2.08 bits per heavy atom. The molecule has 1 N–H and O–H groups in total. The number of imide groups is 1. The Balaban J connectivity index is 1.65. The van der Waals surface area contributed by atoms with Crippen LogP contribution < -0.4 is 5.32 Å². The molecule has 1 saturated heterocycles. The van der Waals surface area contributed by atoms with Crippen LogP contribution in [0.25, 0.3) is 10.6 Å². The van der Waals surface area contributed by atoms with Crippen molar-refractivity contribution in [2.75, 3.05) is 19.4 Å². The summed E-state index contributed by atoms with van der Waals surface area (Å²) < 4.78 is 0. The smallest absolute Gasteiger partial charge is 0.315 e. The maximum Gasteiger partial charge on any atom is 0.326 e. The van der Waals surface area contributed by atoms with Gasteiger partial charge in [-0.3, -0.25) is 14.5 Å². The average Bonchev–Trinajstić information content (AvgIpc) is 3.21. The van der Waals surface area contributed by atoms with Gasteiger partial charge in [0.2, 0.25) is 5.91 Å². The van der Waals surface area contributed by atoms with E-state index in [0.29, 0.717) is 5.13 Å². The van der Waals surface area contributed by atoms with Crippen LogP contribution in [0.15, 0.2) is 17.5 Å². The molecule has 0 radical (unpaired) electrons. The summed E-state index contributed by atoms with van der Waals surface area (Å²) in [5.41, 5.74) is 0.817. The van der Waals surface area contributed by atoms with Gasteiger partial charge in [0.05, 0.1) is 17.0 Å². The fraction of sp³-hybridized carbons (Fsp3) is 0.333. The van der Waals surface area contributed by atoms with Crippen molar-refractivity contribution in [2.45, 2.75) is 19.4 Å². The second kappa shape index (κ2) is 6.33. The van der Waals surface area contributed by atoms with Gasteiger partial charge in [0.25, 0.3) is 5.91 Å². The summed E-state index contributed by atoms with van der Waals surface area (Å²) in [6.45, 7) is 2.02. The Hall–Kier alpha value is -2.26. The molecule has 7 nitrogen and oxygen atoms in total. The summed E-state index contributed by atoms with van der Waals surface area (Å²) in [6.07, 6.45) is -0.0849. The lowest BCUT2D eigenvalue weighted by Crippen LogP contribution is -2.35. The zero-order chi connectivity index (χ0) is 17.4. The van der Waals surface area contributed by atoms with Gasteiger partial charge in [-0.2, -0.15) is 0 Å². The molecule has 0 bridgehead atoms. The SMILES string of the molecule is Cc1ccc(-c2csc(NC(=O)CC3C(=O)N(C)C(=O)N3C)n2)s1. The normalized spacial score (nSPS) is 17.7. The van der Waals surface area contributed by atoms with E-state index in [4.69, 9.17) is 0 Å². The van der Waals surface area contributed by atoms with E-state index in [9.17, 15) is 14.4 Å². The molecule has 1 aliphatic rings. The standard InChI is InChI=1S/C15H16N4O3S2/c1-8-4-5-11(24-8)9-7-23-14(16-9)17-12(20)6-10-13(21)19(3)15(22)18(10)2/h4-5,7,10H,6H2,1-3H3,(H,16,17,20). The lowest BCUT2D eigenvalue weighted by atomic mass is 10.2. The summed E-state index contributed by atoms with van der Waals surface area (Å²) in [5, 5.41) is 5.06. The van der Waals surface area contributed by atoms with Crippen LogP contribution in [-0.4, -0.2) is 52.8 Å². The molecule has 4 amide bonds. The quantitative estimate of drug-likeness (QED) is 0.845. The first-order valence-electron chi connectivity index (χ1n) is 7.23. The number of likely N-dealkylation sites (N-methyl/N-ethyl adjacent to an activating group) is 2. The Labute approximate surface area is 146 Å². The number of nitrogens with zero attached hydrogens (tertiary/aromatic N) is 3. The van der Waals surface area contributed by atoms with Gasteiger partial charge >= 0.3 is 6.03 Å². The van der Waals surface area contributed by atoms with Crippen LogP contribution in [-0.2, 0) is 9.59 Å². The average molecular weight is 364 g/mol. The molecule has 9 heteroatoms. The minimum absolute atomic E-state index is 0.0849. The molecule has 1 aliphatic heterocycles. The summed E-state index contributed by atoms with van der Waals surface area (Å²) in [4.78, 5) is 44.8. The van der Waals surface area contributed by atoms with Crippen molar-refractivity contribution in [3.8, 4) is 10.6 Å². The van der Waals surface area contributed by atoms with Crippen LogP contribution in [0.4, 0.5) is 9.93 Å². The van der Waals surface area contributed by atoms with E-state index in [1.807, 2.05) is 24.4 Å². The molecule has 24 heavy (non-hydrogen) atoms. The van der Waals surface area contributed by atoms with Gasteiger partial charge < -0.3 is 10.2 Å². The van der Waals surface area contributed by atoms with E-state index in [-0.39, 0.29) is 18.2 Å². The van der Waals surface area contributed by atoms with E-state index in [0.717, 1.165) is 15.5 Å². The summed E-state index contributed by atoms with van der Waals surface area (Å²) in [7, 11) is 2.93. The van der Waals surface area contributed by atoms with Crippen LogP contribution in [0, 0.1) is 6.92 Å². The van der Waals surface area contributed by atoms with E-state index >= 15 is 0 Å². The maximum atomic E-state index is 12.2. The van der Waals surface area contributed by atoms with E-state index in [2.05, 4.69) is 10.3 Å². The van der Waals surface area contributed by atoms with Gasteiger partial charge in [0.1, 0.15) is 6.04 Å². The third kappa shape index (κ3) is 3.04. The van der Waals surface area contributed by atoms with E-state index in [1.165, 1.54) is 35.2 Å². The molecule has 0 aromatic carbocycles. The van der Waals surface area contributed by atoms with Crippen LogP contribution >= 0.6 is 22.7 Å². The number of aryl methyl sites for hydroxylation is 1. The molecule has 1 unspecified atom stereocenters. The highest BCUT2D eigenvalue weighted by molar-refractivity contribution is 7.17. The molecule has 1 atom stereocenters. The molecule has 2 aromatic heterocycles. The Kier molecular flexibility index (Phi) is 4.37. The fourth-order valence-electron chi connectivity index (χ4n) is 2.44. The van der Waals surface area contributed by atoms with Crippen molar-refractivity contribution in [3.63, 3.8) is 0 Å². The number of amides is 4. The lowest BCUT2D eigenvalue weighted by molar-refractivity contribution is -0.129. The highest BCUT2D eigenvalue weighted by Crippen LogP contribution is 2.30. The van der Waals surface area contributed by atoms with Gasteiger partial charge in [-0.05, 0) is 19.1 Å². The van der Waals surface area contributed by atoms with Crippen molar-refractivity contribution < 1.29 is 14.4 Å². The molecule has 2 aromatic rings. The summed E-state index contributed by atoms with van der Waals surface area (Å²) in [5.74, 6) is -0.710. The van der Waals surface area contributed by atoms with Crippen molar-refractivity contribution in [3.05, 3.63) is 22.4 Å². The predicted molar refractivity (Wildman–Crippen MR) is 93.1 cm³/mol. The van der Waals surface area contributed by atoms with Crippen LogP contribution in [0.5, 0.6) is 0 Å². The van der Waals surface area contributed by atoms with Crippen molar-refractivity contribution >= 4 is 45.7 Å². The summed E-state index contributed by atoms with van der Waals surface area (Å²) in [6, 6.07) is 2.85. The largest absolute Gasteiger partial charge is 0.326 e. The first kappa shape index (κ1) is 16.6. The number of hydrogen-bond donors (Lipinski definition) is 1. The van der Waals surface area contributed by atoms with Crippen molar-refractivity contribution in [2.24, 2.45) is 0 Å². The molecule has 126 valence electrons. The second-order valence-electron chi connectivity index (χ2n) is 5.51. The number of nitrogens with one attached hydrogen (secondary N) is 1. The first-order valence-corrected chi connectivity index (χ1v) is 8.93. The minimum Gasteiger partial charge on any atom is -0.315 e.